The van der Waals surface area contributed by atoms with Crippen LogP contribution in [0, 0.1) is 11.8 Å². The van der Waals surface area contributed by atoms with Crippen molar-refractivity contribution in [1.82, 2.24) is 5.32 Å². The predicted molar refractivity (Wildman–Crippen MR) is 57.4 cm³/mol. The molecule has 0 bridgehead atoms. The number of nitrogens with one attached hydrogen (secondary N) is 1. The van der Waals surface area contributed by atoms with Gasteiger partial charge < -0.3 is 19.9 Å². The summed E-state index contributed by atoms with van der Waals surface area (Å²) in [7, 11) is 0. The molecule has 1 aliphatic rings. The first-order valence-electron chi connectivity index (χ1n) is 5.15. The summed E-state index contributed by atoms with van der Waals surface area (Å²) in [4.78, 5) is 11.0. The van der Waals surface area contributed by atoms with Crippen LogP contribution in [0.4, 0.5) is 0 Å². The third-order valence-electron chi connectivity index (χ3n) is 2.17. The number of ether oxygens (including phenoxy) is 2. The van der Waals surface area contributed by atoms with Crippen LogP contribution in [0.5, 0.6) is 0 Å². The average Bonchev–Trinajstić information content (AvgIpc) is 2.56. The van der Waals surface area contributed by atoms with Gasteiger partial charge in [0, 0.05) is 6.54 Å². The number of carbonyl (C=O) groups is 1. The molecule has 0 aromatic carbocycles. The topological polar surface area (TPSA) is 67.8 Å². The largest absolute Gasteiger partial charge is 0.388 e. The molecule has 0 saturated carbocycles. The first-order valence-corrected chi connectivity index (χ1v) is 5.15. The Kier molecular flexibility index (Phi) is 4.30. The maximum atomic E-state index is 11.0. The Labute approximate surface area is 95.1 Å². The molecule has 2 atom stereocenters. The molecule has 1 aliphatic heterocycles. The summed E-state index contributed by atoms with van der Waals surface area (Å²) in [5, 5.41) is 12.2. The van der Waals surface area contributed by atoms with Crippen molar-refractivity contribution in [2.45, 2.75) is 38.8 Å². The highest BCUT2D eigenvalue weighted by molar-refractivity contribution is 5.93. The Bertz CT molecular complexity index is 316. The molecule has 0 spiro atoms. The first kappa shape index (κ1) is 13.0. The van der Waals surface area contributed by atoms with Crippen LogP contribution in [0.25, 0.3) is 0 Å². The fraction of sp³-hybridized carbons (Fsp3) is 0.727. The zero-order valence-corrected chi connectivity index (χ0v) is 9.74. The molecule has 1 fully saturated rings. The Morgan fingerprint density at radius 3 is 2.88 bits per heavy atom. The van der Waals surface area contributed by atoms with Crippen molar-refractivity contribution in [3.8, 4) is 11.8 Å². The van der Waals surface area contributed by atoms with Gasteiger partial charge >= 0.3 is 0 Å². The van der Waals surface area contributed by atoms with Gasteiger partial charge in [-0.15, -0.1) is 0 Å². The minimum atomic E-state index is -0.788. The molecule has 0 aromatic heterocycles. The molecule has 16 heavy (non-hydrogen) atoms. The number of aliphatic hydroxyl groups is 1. The summed E-state index contributed by atoms with van der Waals surface area (Å²) < 4.78 is 10.7. The van der Waals surface area contributed by atoms with Gasteiger partial charge in [0.05, 0.1) is 12.7 Å². The minimum Gasteiger partial charge on any atom is -0.388 e. The zero-order chi connectivity index (χ0) is 12.2. The van der Waals surface area contributed by atoms with Crippen molar-refractivity contribution in [1.29, 1.82) is 0 Å². The molecule has 0 aromatic rings. The zero-order valence-electron chi connectivity index (χ0n) is 9.74. The van der Waals surface area contributed by atoms with E-state index in [1.165, 1.54) is 0 Å². The van der Waals surface area contributed by atoms with E-state index in [-0.39, 0.29) is 6.54 Å². The molecule has 2 N–H and O–H groups in total. The fourth-order valence-corrected chi connectivity index (χ4v) is 1.39. The van der Waals surface area contributed by atoms with E-state index in [0.717, 1.165) is 0 Å². The number of hydrogen-bond donors (Lipinski definition) is 2. The maximum absolute atomic E-state index is 11.0. The van der Waals surface area contributed by atoms with Crippen LogP contribution in [-0.4, -0.2) is 42.2 Å². The molecule has 5 heteroatoms. The Hall–Kier alpha value is -1.09. The molecule has 5 nitrogen and oxygen atoms in total. The van der Waals surface area contributed by atoms with Crippen LogP contribution < -0.4 is 5.32 Å². The Balaban J connectivity index is 2.33. The van der Waals surface area contributed by atoms with E-state index < -0.39 is 23.9 Å². The summed E-state index contributed by atoms with van der Waals surface area (Å²) in [5.41, 5.74) is 0. The van der Waals surface area contributed by atoms with E-state index in [2.05, 4.69) is 17.2 Å². The second kappa shape index (κ2) is 5.30. The molecule has 1 heterocycles. The average molecular weight is 227 g/mol. The van der Waals surface area contributed by atoms with Crippen LogP contribution in [0.2, 0.25) is 0 Å². The highest BCUT2D eigenvalue weighted by atomic mass is 16.7. The van der Waals surface area contributed by atoms with E-state index in [4.69, 9.17) is 9.47 Å². The lowest BCUT2D eigenvalue weighted by Gasteiger charge is -2.20. The molecule has 0 radical (unpaired) electrons. The number of amides is 1. The minimum absolute atomic E-state index is 0.109. The normalized spacial score (nSPS) is 24.4. The number of rotatable bonds is 3. The van der Waals surface area contributed by atoms with Gasteiger partial charge in [-0.1, -0.05) is 5.92 Å². The van der Waals surface area contributed by atoms with Crippen molar-refractivity contribution in [3.63, 3.8) is 0 Å². The predicted octanol–water partition coefficient (Wildman–Crippen LogP) is -0.362. The lowest BCUT2D eigenvalue weighted by atomic mass is 10.2. The second-order valence-corrected chi connectivity index (χ2v) is 4.02. The highest BCUT2D eigenvalue weighted by Gasteiger charge is 2.36. The van der Waals surface area contributed by atoms with Gasteiger partial charge in [-0.25, -0.2) is 0 Å². The summed E-state index contributed by atoms with van der Waals surface area (Å²) in [6.07, 6.45) is -1.20. The summed E-state index contributed by atoms with van der Waals surface area (Å²) in [6, 6.07) is 0. The van der Waals surface area contributed by atoms with E-state index >= 15 is 0 Å². The fourth-order valence-electron chi connectivity index (χ4n) is 1.39. The number of carbonyl (C=O) groups excluding carboxylic acids is 1. The van der Waals surface area contributed by atoms with Gasteiger partial charge in [-0.3, -0.25) is 4.79 Å². The van der Waals surface area contributed by atoms with E-state index in [1.807, 2.05) is 0 Å². The summed E-state index contributed by atoms with van der Waals surface area (Å²) in [5.74, 6) is 3.73. The summed E-state index contributed by atoms with van der Waals surface area (Å²) in [6.45, 7) is 5.56. The molecule has 1 saturated heterocycles. The molecular formula is C11H17NO4. The van der Waals surface area contributed by atoms with Crippen molar-refractivity contribution >= 4 is 5.91 Å². The first-order chi connectivity index (χ1) is 7.44. The van der Waals surface area contributed by atoms with Crippen molar-refractivity contribution < 1.29 is 19.4 Å². The van der Waals surface area contributed by atoms with Crippen LogP contribution in [0.15, 0.2) is 0 Å². The van der Waals surface area contributed by atoms with Crippen LogP contribution in [-0.2, 0) is 14.3 Å². The standard InChI is InChI=1S/C11H17NO4/c1-4-5-10(14)12-6-8(13)9-7-15-11(2,3)16-9/h8-9,13H,6-7H2,1-3H3,(H,12,14)/t8?,9-/m1/s1. The third kappa shape index (κ3) is 3.81. The second-order valence-electron chi connectivity index (χ2n) is 4.02. The van der Waals surface area contributed by atoms with Crippen molar-refractivity contribution in [3.05, 3.63) is 0 Å². The number of hydrogen-bond acceptors (Lipinski definition) is 4. The quantitative estimate of drug-likeness (QED) is 0.646. The van der Waals surface area contributed by atoms with Gasteiger partial charge in [0.15, 0.2) is 5.79 Å². The lowest BCUT2D eigenvalue weighted by Crippen LogP contribution is -2.40. The van der Waals surface area contributed by atoms with Crippen LogP contribution in [0.1, 0.15) is 20.8 Å². The van der Waals surface area contributed by atoms with E-state index in [9.17, 15) is 9.90 Å². The molecule has 1 unspecified atom stereocenters. The van der Waals surface area contributed by atoms with Gasteiger partial charge in [-0.2, -0.15) is 0 Å². The maximum Gasteiger partial charge on any atom is 0.295 e. The number of aliphatic hydroxyl groups excluding tert-OH is 1. The molecule has 90 valence electrons. The molecule has 1 amide bonds. The van der Waals surface area contributed by atoms with Gasteiger partial charge in [0.1, 0.15) is 6.10 Å². The van der Waals surface area contributed by atoms with Crippen molar-refractivity contribution in [2.75, 3.05) is 13.2 Å². The lowest BCUT2D eigenvalue weighted by molar-refractivity contribution is -0.150. The van der Waals surface area contributed by atoms with Gasteiger partial charge in [-0.05, 0) is 26.7 Å². The van der Waals surface area contributed by atoms with Gasteiger partial charge in [0.2, 0.25) is 0 Å². The van der Waals surface area contributed by atoms with Crippen LogP contribution >= 0.6 is 0 Å². The molecule has 0 aliphatic carbocycles. The monoisotopic (exact) mass is 227 g/mol. The van der Waals surface area contributed by atoms with E-state index in [1.54, 1.807) is 20.8 Å². The highest BCUT2D eigenvalue weighted by Crippen LogP contribution is 2.23. The Morgan fingerprint density at radius 1 is 1.69 bits per heavy atom. The van der Waals surface area contributed by atoms with Crippen LogP contribution in [0.3, 0.4) is 0 Å². The third-order valence-corrected chi connectivity index (χ3v) is 2.17. The van der Waals surface area contributed by atoms with Gasteiger partial charge in [0.25, 0.3) is 5.91 Å². The molecular weight excluding hydrogens is 210 g/mol. The Morgan fingerprint density at radius 2 is 2.38 bits per heavy atom. The summed E-state index contributed by atoms with van der Waals surface area (Å²) >= 11 is 0. The molecule has 1 rings (SSSR count). The van der Waals surface area contributed by atoms with E-state index in [0.29, 0.717) is 6.61 Å². The smallest absolute Gasteiger partial charge is 0.295 e. The van der Waals surface area contributed by atoms with Crippen molar-refractivity contribution in [2.24, 2.45) is 0 Å². The SMILES string of the molecule is CC#CC(=O)NCC(O)[C@H]1COC(C)(C)O1.